The Bertz CT molecular complexity index is 1270. The van der Waals surface area contributed by atoms with Crippen LogP contribution in [-0.4, -0.2) is 55.8 Å². The molecule has 0 N–H and O–H groups in total. The van der Waals surface area contributed by atoms with Crippen LogP contribution in [0.2, 0.25) is 0 Å². The fourth-order valence-electron chi connectivity index (χ4n) is 4.84. The first-order chi connectivity index (χ1) is 16.4. The van der Waals surface area contributed by atoms with Crippen LogP contribution in [0.15, 0.2) is 83.8 Å². The van der Waals surface area contributed by atoms with Gasteiger partial charge in [-0.25, -0.2) is 8.42 Å². The summed E-state index contributed by atoms with van der Waals surface area (Å²) in [5, 5.41) is 0. The van der Waals surface area contributed by atoms with Crippen LogP contribution in [-0.2, 0) is 27.8 Å². The lowest BCUT2D eigenvalue weighted by Gasteiger charge is -2.41. The van der Waals surface area contributed by atoms with Gasteiger partial charge in [0.2, 0.25) is 15.9 Å². The van der Waals surface area contributed by atoms with Crippen molar-refractivity contribution in [3.8, 4) is 0 Å². The molecule has 0 bridgehead atoms. The van der Waals surface area contributed by atoms with E-state index in [4.69, 9.17) is 0 Å². The number of hydrogen-bond donors (Lipinski definition) is 0. The maximum atomic E-state index is 13.7. The zero-order valence-corrected chi connectivity index (χ0v) is 20.1. The number of rotatable bonds is 4. The van der Waals surface area contributed by atoms with Crippen molar-refractivity contribution in [3.63, 3.8) is 0 Å². The lowest BCUT2D eigenvalue weighted by Crippen LogP contribution is -2.57. The molecule has 34 heavy (non-hydrogen) atoms. The normalized spacial score (nSPS) is 19.0. The second-order valence-electron chi connectivity index (χ2n) is 9.00. The monoisotopic (exact) mass is 475 g/mol. The van der Waals surface area contributed by atoms with E-state index in [1.807, 2.05) is 54.3 Å². The van der Waals surface area contributed by atoms with Gasteiger partial charge in [-0.15, -0.1) is 0 Å². The van der Waals surface area contributed by atoms with Gasteiger partial charge >= 0.3 is 0 Å². The molecule has 1 fully saturated rings. The Morgan fingerprint density at radius 1 is 0.794 bits per heavy atom. The molecular formula is C27H29N3O3S. The molecule has 6 nitrogen and oxygen atoms in total. The average Bonchev–Trinajstić information content (AvgIpc) is 2.88. The molecule has 0 saturated carbocycles. The number of para-hydroxylation sites is 1. The summed E-state index contributed by atoms with van der Waals surface area (Å²) in [5.74, 6) is -0.113. The summed E-state index contributed by atoms with van der Waals surface area (Å²) in [4.78, 5) is 18.1. The van der Waals surface area contributed by atoms with Gasteiger partial charge in [0.25, 0.3) is 0 Å². The molecule has 0 radical (unpaired) electrons. The van der Waals surface area contributed by atoms with Crippen molar-refractivity contribution >= 4 is 21.6 Å². The molecule has 0 spiro atoms. The first-order valence-corrected chi connectivity index (χ1v) is 13.1. The van der Waals surface area contributed by atoms with Crippen LogP contribution in [0.25, 0.3) is 0 Å². The van der Waals surface area contributed by atoms with Gasteiger partial charge in [0.05, 0.1) is 4.90 Å². The van der Waals surface area contributed by atoms with E-state index in [0.29, 0.717) is 19.5 Å². The third kappa shape index (κ3) is 4.33. The van der Waals surface area contributed by atoms with Crippen LogP contribution in [0, 0.1) is 6.92 Å². The molecule has 3 aromatic carbocycles. The van der Waals surface area contributed by atoms with Crippen molar-refractivity contribution in [2.24, 2.45) is 0 Å². The number of carbonyl (C=O) groups excluding carboxylic acids is 1. The predicted molar refractivity (Wildman–Crippen MR) is 133 cm³/mol. The number of piperazine rings is 1. The maximum Gasteiger partial charge on any atom is 0.244 e. The van der Waals surface area contributed by atoms with Crippen LogP contribution in [0.5, 0.6) is 0 Å². The second-order valence-corrected chi connectivity index (χ2v) is 10.9. The number of nitrogens with zero attached hydrogens (tertiary/aromatic N) is 3. The van der Waals surface area contributed by atoms with Gasteiger partial charge in [0, 0.05) is 38.4 Å². The van der Waals surface area contributed by atoms with Crippen molar-refractivity contribution in [3.05, 3.63) is 95.6 Å². The van der Waals surface area contributed by atoms with E-state index in [9.17, 15) is 13.2 Å². The van der Waals surface area contributed by atoms with Crippen LogP contribution in [0.3, 0.4) is 0 Å². The number of aryl methyl sites for hydroxylation is 1. The first-order valence-electron chi connectivity index (χ1n) is 11.7. The summed E-state index contributed by atoms with van der Waals surface area (Å²) >= 11 is 0. The topological polar surface area (TPSA) is 60.9 Å². The molecule has 1 atom stereocenters. The molecule has 5 rings (SSSR count). The Balaban J connectivity index is 1.41. The highest BCUT2D eigenvalue weighted by atomic mass is 32.2. The third-order valence-electron chi connectivity index (χ3n) is 6.83. The predicted octanol–water partition coefficient (Wildman–Crippen LogP) is 3.46. The molecule has 0 aliphatic carbocycles. The summed E-state index contributed by atoms with van der Waals surface area (Å²) in [6, 6.07) is 24.1. The van der Waals surface area contributed by atoms with Crippen LogP contribution in [0.4, 0.5) is 5.69 Å². The fourth-order valence-corrected chi connectivity index (χ4v) is 6.40. The summed E-state index contributed by atoms with van der Waals surface area (Å²) in [6.07, 6.45) is 0.388. The standard InChI is InChI=1S/C27H29N3O3S/c1-21-11-13-25(14-12-21)34(32,33)30-20-23-8-6-5-7-22(23)19-26(30)27(31)29-17-15-28(16-18-29)24-9-3-2-4-10-24/h2-14,26H,15-20H2,1H3. The quantitative estimate of drug-likeness (QED) is 0.580. The van der Waals surface area contributed by atoms with E-state index >= 15 is 0 Å². The molecule has 0 aromatic heterocycles. The summed E-state index contributed by atoms with van der Waals surface area (Å²) in [5.41, 5.74) is 4.13. The minimum absolute atomic E-state index is 0.113. The van der Waals surface area contributed by atoms with Gasteiger partial charge in [-0.3, -0.25) is 4.79 Å². The summed E-state index contributed by atoms with van der Waals surface area (Å²) in [6.45, 7) is 4.73. The minimum Gasteiger partial charge on any atom is -0.368 e. The molecule has 3 aromatic rings. The number of anilines is 1. The highest BCUT2D eigenvalue weighted by Crippen LogP contribution is 2.30. The highest BCUT2D eigenvalue weighted by Gasteiger charge is 2.41. The number of hydrogen-bond acceptors (Lipinski definition) is 4. The molecule has 1 amide bonds. The van der Waals surface area contributed by atoms with E-state index in [-0.39, 0.29) is 17.3 Å². The van der Waals surface area contributed by atoms with Gasteiger partial charge in [-0.05, 0) is 48.7 Å². The maximum absolute atomic E-state index is 13.7. The van der Waals surface area contributed by atoms with Crippen molar-refractivity contribution in [1.29, 1.82) is 0 Å². The van der Waals surface area contributed by atoms with E-state index in [1.165, 1.54) is 4.31 Å². The van der Waals surface area contributed by atoms with E-state index < -0.39 is 16.1 Å². The molecule has 1 unspecified atom stereocenters. The molecular weight excluding hydrogens is 446 g/mol. The lowest BCUT2D eigenvalue weighted by molar-refractivity contribution is -0.136. The molecule has 2 aliphatic heterocycles. The van der Waals surface area contributed by atoms with Crippen LogP contribution >= 0.6 is 0 Å². The molecule has 2 heterocycles. The second kappa shape index (κ2) is 9.24. The van der Waals surface area contributed by atoms with Crippen LogP contribution in [0.1, 0.15) is 16.7 Å². The molecule has 176 valence electrons. The number of sulfonamides is 1. The minimum atomic E-state index is -3.83. The number of amides is 1. The zero-order valence-electron chi connectivity index (χ0n) is 19.3. The first kappa shape index (κ1) is 22.6. The van der Waals surface area contributed by atoms with Crippen LogP contribution < -0.4 is 4.90 Å². The summed E-state index contributed by atoms with van der Waals surface area (Å²) < 4.78 is 28.8. The fraction of sp³-hybridized carbons (Fsp3) is 0.296. The molecule has 1 saturated heterocycles. The van der Waals surface area contributed by atoms with Crippen molar-refractivity contribution in [2.75, 3.05) is 31.1 Å². The largest absolute Gasteiger partial charge is 0.368 e. The Labute approximate surface area is 201 Å². The van der Waals surface area contributed by atoms with Gasteiger partial charge in [-0.1, -0.05) is 60.2 Å². The van der Waals surface area contributed by atoms with Gasteiger partial charge < -0.3 is 9.80 Å². The number of benzene rings is 3. The van der Waals surface area contributed by atoms with Gasteiger partial charge in [-0.2, -0.15) is 4.31 Å². The Kier molecular flexibility index (Phi) is 6.15. The highest BCUT2D eigenvalue weighted by molar-refractivity contribution is 7.89. The van der Waals surface area contributed by atoms with Crippen molar-refractivity contribution in [2.45, 2.75) is 30.8 Å². The third-order valence-corrected chi connectivity index (χ3v) is 8.70. The summed E-state index contributed by atoms with van der Waals surface area (Å²) in [7, 11) is -3.83. The average molecular weight is 476 g/mol. The van der Waals surface area contributed by atoms with Gasteiger partial charge in [0.15, 0.2) is 0 Å². The van der Waals surface area contributed by atoms with E-state index in [0.717, 1.165) is 35.5 Å². The lowest BCUT2D eigenvalue weighted by atomic mass is 9.95. The van der Waals surface area contributed by atoms with E-state index in [2.05, 4.69) is 17.0 Å². The van der Waals surface area contributed by atoms with Crippen molar-refractivity contribution in [1.82, 2.24) is 9.21 Å². The van der Waals surface area contributed by atoms with E-state index in [1.54, 1.807) is 24.3 Å². The van der Waals surface area contributed by atoms with Gasteiger partial charge in [0.1, 0.15) is 6.04 Å². The Morgan fingerprint density at radius 3 is 2.09 bits per heavy atom. The SMILES string of the molecule is Cc1ccc(S(=O)(=O)N2Cc3ccccc3CC2C(=O)N2CCN(c3ccccc3)CC2)cc1. The molecule has 7 heteroatoms. The Hall–Kier alpha value is -3.16. The molecule has 2 aliphatic rings. The Morgan fingerprint density at radius 2 is 1.41 bits per heavy atom. The number of carbonyl (C=O) groups is 1. The zero-order chi connectivity index (χ0) is 23.7. The smallest absolute Gasteiger partial charge is 0.244 e. The number of fused-ring (bicyclic) bond motifs is 1. The van der Waals surface area contributed by atoms with Crippen molar-refractivity contribution < 1.29 is 13.2 Å².